The molecule has 0 aliphatic carbocycles. The maximum atomic E-state index is 5.57. The van der Waals surface area contributed by atoms with E-state index in [1.54, 1.807) is 0 Å². The minimum atomic E-state index is 0.721. The van der Waals surface area contributed by atoms with Crippen LogP contribution < -0.4 is 5.73 Å². The van der Waals surface area contributed by atoms with Crippen molar-refractivity contribution < 1.29 is 0 Å². The third kappa shape index (κ3) is 3.35. The lowest BCUT2D eigenvalue weighted by Gasteiger charge is -2.17. The van der Waals surface area contributed by atoms with Crippen molar-refractivity contribution in [3.05, 3.63) is 35.4 Å². The summed E-state index contributed by atoms with van der Waals surface area (Å²) in [6.07, 6.45) is 4.69. The summed E-state index contributed by atoms with van der Waals surface area (Å²) in [6.45, 7) is 5.33. The topological polar surface area (TPSA) is 26.0 Å². The lowest BCUT2D eigenvalue weighted by atomic mass is 9.88. The van der Waals surface area contributed by atoms with Crippen LogP contribution in [-0.2, 0) is 6.42 Å². The van der Waals surface area contributed by atoms with E-state index in [0.29, 0.717) is 0 Å². The van der Waals surface area contributed by atoms with E-state index >= 15 is 0 Å². The Bertz CT molecular complexity index is 276. The molecule has 0 spiro atoms. The number of hydrogen-bond donors (Lipinski definition) is 1. The summed E-state index contributed by atoms with van der Waals surface area (Å²) in [5, 5.41) is 0. The zero-order valence-electron chi connectivity index (χ0n) is 10.00. The van der Waals surface area contributed by atoms with Gasteiger partial charge in [-0.2, -0.15) is 0 Å². The van der Waals surface area contributed by atoms with Crippen molar-refractivity contribution in [1.82, 2.24) is 0 Å². The predicted molar refractivity (Wildman–Crippen MR) is 67.1 cm³/mol. The normalized spacial score (nSPS) is 10.9. The van der Waals surface area contributed by atoms with Crippen LogP contribution in [-0.4, -0.2) is 6.54 Å². The minimum absolute atomic E-state index is 0.721. The molecule has 15 heavy (non-hydrogen) atoms. The van der Waals surface area contributed by atoms with Crippen molar-refractivity contribution in [2.24, 2.45) is 5.73 Å². The second-order valence-electron chi connectivity index (χ2n) is 4.10. The summed E-state index contributed by atoms with van der Waals surface area (Å²) in [4.78, 5) is 0. The van der Waals surface area contributed by atoms with Gasteiger partial charge in [0.25, 0.3) is 0 Å². The van der Waals surface area contributed by atoms with Crippen molar-refractivity contribution in [2.75, 3.05) is 6.54 Å². The van der Waals surface area contributed by atoms with E-state index in [-0.39, 0.29) is 0 Å². The van der Waals surface area contributed by atoms with Gasteiger partial charge < -0.3 is 5.73 Å². The summed E-state index contributed by atoms with van der Waals surface area (Å²) in [7, 11) is 0. The van der Waals surface area contributed by atoms with Crippen molar-refractivity contribution in [2.45, 2.75) is 45.4 Å². The van der Waals surface area contributed by atoms with Crippen LogP contribution in [0, 0.1) is 0 Å². The van der Waals surface area contributed by atoms with Gasteiger partial charge in [-0.3, -0.25) is 0 Å². The minimum Gasteiger partial charge on any atom is -0.330 e. The van der Waals surface area contributed by atoms with Crippen LogP contribution in [0.1, 0.15) is 50.2 Å². The smallest absolute Gasteiger partial charge is 0.00741 e. The Morgan fingerprint density at radius 1 is 1.13 bits per heavy atom. The molecular weight excluding hydrogens is 182 g/mol. The van der Waals surface area contributed by atoms with Gasteiger partial charge in [0.2, 0.25) is 0 Å². The number of benzene rings is 1. The summed E-state index contributed by atoms with van der Waals surface area (Å²) in [6, 6.07) is 8.82. The van der Waals surface area contributed by atoms with E-state index in [1.165, 1.54) is 24.0 Å². The molecule has 0 aromatic heterocycles. The van der Waals surface area contributed by atoms with Crippen molar-refractivity contribution in [1.29, 1.82) is 0 Å². The molecule has 1 nitrogen and oxygen atoms in total. The van der Waals surface area contributed by atoms with E-state index in [4.69, 9.17) is 5.73 Å². The van der Waals surface area contributed by atoms with Crippen LogP contribution in [0.3, 0.4) is 0 Å². The van der Waals surface area contributed by atoms with Crippen LogP contribution in [0.2, 0.25) is 0 Å². The molecule has 0 saturated carbocycles. The number of aryl methyl sites for hydroxylation is 1. The first kappa shape index (κ1) is 12.3. The Morgan fingerprint density at radius 3 is 2.40 bits per heavy atom. The molecule has 0 saturated heterocycles. The molecule has 0 unspecified atom stereocenters. The summed E-state index contributed by atoms with van der Waals surface area (Å²) < 4.78 is 0. The van der Waals surface area contributed by atoms with Crippen LogP contribution in [0.25, 0.3) is 0 Å². The van der Waals surface area contributed by atoms with E-state index in [1.807, 2.05) is 0 Å². The van der Waals surface area contributed by atoms with Crippen LogP contribution in [0.4, 0.5) is 0 Å². The molecule has 0 aliphatic heterocycles. The summed E-state index contributed by atoms with van der Waals surface area (Å²) >= 11 is 0. The molecule has 0 radical (unpaired) electrons. The second-order valence-corrected chi connectivity index (χ2v) is 4.10. The van der Waals surface area contributed by atoms with E-state index in [2.05, 4.69) is 38.1 Å². The molecule has 1 heteroatoms. The Balaban J connectivity index is 2.84. The van der Waals surface area contributed by atoms with E-state index in [9.17, 15) is 0 Å². The molecule has 0 fully saturated rings. The first-order valence-electron chi connectivity index (χ1n) is 6.11. The van der Waals surface area contributed by atoms with Gasteiger partial charge >= 0.3 is 0 Å². The lowest BCUT2D eigenvalue weighted by Crippen LogP contribution is -2.04. The number of nitrogens with two attached hydrogens (primary N) is 1. The lowest BCUT2D eigenvalue weighted by molar-refractivity contribution is 0.632. The zero-order valence-corrected chi connectivity index (χ0v) is 10.00. The average molecular weight is 205 g/mol. The number of hydrogen-bond acceptors (Lipinski definition) is 1. The Labute approximate surface area is 93.7 Å². The quantitative estimate of drug-likeness (QED) is 0.756. The highest BCUT2D eigenvalue weighted by atomic mass is 14.5. The molecule has 1 aromatic rings. The third-order valence-corrected chi connectivity index (χ3v) is 3.13. The van der Waals surface area contributed by atoms with Gasteiger partial charge in [0.15, 0.2) is 0 Å². The van der Waals surface area contributed by atoms with Crippen LogP contribution in [0.5, 0.6) is 0 Å². The standard InChI is InChI=1S/C14H23N/c1-3-12(4-2)14-10-6-5-8-13(14)9-7-11-15/h5-6,8,10,12H,3-4,7,9,11,15H2,1-2H3. The maximum absolute atomic E-state index is 5.57. The fourth-order valence-electron chi connectivity index (χ4n) is 2.18. The monoisotopic (exact) mass is 205 g/mol. The molecule has 2 N–H and O–H groups in total. The molecule has 1 rings (SSSR count). The largest absolute Gasteiger partial charge is 0.330 e. The third-order valence-electron chi connectivity index (χ3n) is 3.13. The number of rotatable bonds is 6. The van der Waals surface area contributed by atoms with E-state index < -0.39 is 0 Å². The fraction of sp³-hybridized carbons (Fsp3) is 0.571. The highest BCUT2D eigenvalue weighted by Gasteiger charge is 2.10. The van der Waals surface area contributed by atoms with Crippen molar-refractivity contribution in [3.63, 3.8) is 0 Å². The summed E-state index contributed by atoms with van der Waals surface area (Å²) in [5.74, 6) is 0.721. The highest BCUT2D eigenvalue weighted by Crippen LogP contribution is 2.26. The molecule has 0 bridgehead atoms. The molecular formula is C14H23N. The molecule has 1 aromatic carbocycles. The molecule has 0 aliphatic rings. The first-order chi connectivity index (χ1) is 7.33. The van der Waals surface area contributed by atoms with Crippen molar-refractivity contribution >= 4 is 0 Å². The molecule has 0 atom stereocenters. The Hall–Kier alpha value is -0.820. The average Bonchev–Trinajstić information content (AvgIpc) is 2.29. The van der Waals surface area contributed by atoms with Gasteiger partial charge in [0, 0.05) is 0 Å². The van der Waals surface area contributed by atoms with Crippen molar-refractivity contribution in [3.8, 4) is 0 Å². The fourth-order valence-corrected chi connectivity index (χ4v) is 2.18. The van der Waals surface area contributed by atoms with Gasteiger partial charge in [-0.05, 0) is 49.3 Å². The molecule has 0 amide bonds. The SMILES string of the molecule is CCC(CC)c1ccccc1CCCN. The Morgan fingerprint density at radius 2 is 1.80 bits per heavy atom. The Kier molecular flexibility index (Phi) is 5.41. The van der Waals surface area contributed by atoms with Gasteiger partial charge in [-0.25, -0.2) is 0 Å². The van der Waals surface area contributed by atoms with Gasteiger partial charge in [0.05, 0.1) is 0 Å². The predicted octanol–water partition coefficient (Wildman–Crippen LogP) is 3.48. The van der Waals surface area contributed by atoms with Gasteiger partial charge in [0.1, 0.15) is 0 Å². The maximum Gasteiger partial charge on any atom is -0.00741 e. The highest BCUT2D eigenvalue weighted by molar-refractivity contribution is 5.30. The van der Waals surface area contributed by atoms with Gasteiger partial charge in [-0.1, -0.05) is 38.1 Å². The second kappa shape index (κ2) is 6.62. The van der Waals surface area contributed by atoms with Crippen LogP contribution in [0.15, 0.2) is 24.3 Å². The summed E-state index contributed by atoms with van der Waals surface area (Å²) in [5.41, 5.74) is 8.60. The van der Waals surface area contributed by atoms with Crippen LogP contribution >= 0.6 is 0 Å². The molecule has 0 heterocycles. The molecule has 84 valence electrons. The first-order valence-corrected chi connectivity index (χ1v) is 6.11. The zero-order chi connectivity index (χ0) is 11.1. The van der Waals surface area contributed by atoms with E-state index in [0.717, 1.165) is 25.3 Å². The van der Waals surface area contributed by atoms with Gasteiger partial charge in [-0.15, -0.1) is 0 Å².